The molecule has 1 heterocycles. The average molecular weight is 458 g/mol. The average Bonchev–Trinajstić information content (AvgIpc) is 2.68. The van der Waals surface area contributed by atoms with Crippen LogP contribution in [0.2, 0.25) is 0 Å². The minimum Gasteiger partial charge on any atom is -0.494 e. The maximum atomic E-state index is 12.7. The van der Waals surface area contributed by atoms with Gasteiger partial charge in [-0.25, -0.2) is 0 Å². The lowest BCUT2D eigenvalue weighted by molar-refractivity contribution is -0.137. The number of hydrogen-bond acceptors (Lipinski definition) is 2. The van der Waals surface area contributed by atoms with Crippen molar-refractivity contribution in [1.82, 2.24) is 4.90 Å². The molecule has 1 aliphatic rings. The third kappa shape index (κ3) is 6.82. The van der Waals surface area contributed by atoms with Crippen LogP contribution in [0.1, 0.15) is 42.7 Å². The van der Waals surface area contributed by atoms with Crippen LogP contribution in [0.5, 0.6) is 5.75 Å². The van der Waals surface area contributed by atoms with E-state index in [-0.39, 0.29) is 22.7 Å². The topological polar surface area (TPSA) is 12.5 Å². The van der Waals surface area contributed by atoms with Crippen LogP contribution in [0.4, 0.5) is 13.2 Å². The minimum atomic E-state index is -4.33. The molecule has 0 atom stereocenters. The maximum absolute atomic E-state index is 12.7. The Morgan fingerprint density at radius 1 is 0.929 bits per heavy atom. The molecule has 0 spiro atoms. The summed E-state index contributed by atoms with van der Waals surface area (Å²) in [4.78, 5) is 2.48. The first-order chi connectivity index (χ1) is 13.0. The maximum Gasteiger partial charge on any atom is 0.416 e. The van der Waals surface area contributed by atoms with Crippen molar-refractivity contribution in [2.24, 2.45) is 0 Å². The van der Waals surface area contributed by atoms with Gasteiger partial charge < -0.3 is 9.64 Å². The van der Waals surface area contributed by atoms with Crippen LogP contribution in [-0.4, -0.2) is 31.1 Å². The van der Waals surface area contributed by atoms with Crippen molar-refractivity contribution in [3.63, 3.8) is 0 Å². The monoisotopic (exact) mass is 457 g/mol. The van der Waals surface area contributed by atoms with E-state index in [1.165, 1.54) is 24.5 Å². The second kappa shape index (κ2) is 10.9. The number of likely N-dealkylation sites (tertiary alicyclic amines) is 1. The number of halogens is 4. The van der Waals surface area contributed by atoms with Gasteiger partial charge in [0.05, 0.1) is 12.2 Å². The van der Waals surface area contributed by atoms with E-state index >= 15 is 0 Å². The molecule has 6 heteroatoms. The third-order valence-electron chi connectivity index (χ3n) is 5.16. The van der Waals surface area contributed by atoms with Crippen LogP contribution < -0.4 is 4.74 Å². The predicted octanol–water partition coefficient (Wildman–Crippen LogP) is 6.32. The van der Waals surface area contributed by atoms with Crippen molar-refractivity contribution in [2.75, 3.05) is 26.2 Å². The first-order valence-corrected chi connectivity index (χ1v) is 9.60. The number of hydrogen-bond donors (Lipinski definition) is 0. The van der Waals surface area contributed by atoms with Crippen LogP contribution in [-0.2, 0) is 6.18 Å². The smallest absolute Gasteiger partial charge is 0.416 e. The van der Waals surface area contributed by atoms with Crippen molar-refractivity contribution in [1.29, 1.82) is 0 Å². The van der Waals surface area contributed by atoms with Crippen molar-refractivity contribution in [3.8, 4) is 5.75 Å². The Balaban J connectivity index is 0.00000280. The summed E-state index contributed by atoms with van der Waals surface area (Å²) in [6.07, 6.45) is -0.120. The van der Waals surface area contributed by atoms with Crippen molar-refractivity contribution < 1.29 is 17.9 Å². The molecule has 1 fully saturated rings. The lowest BCUT2D eigenvalue weighted by atomic mass is 9.89. The number of piperidine rings is 1. The zero-order valence-electron chi connectivity index (χ0n) is 15.8. The van der Waals surface area contributed by atoms with E-state index in [0.29, 0.717) is 12.5 Å². The number of alkyl halides is 3. The highest BCUT2D eigenvalue weighted by molar-refractivity contribution is 8.93. The molecule has 154 valence electrons. The molecule has 1 saturated heterocycles. The van der Waals surface area contributed by atoms with E-state index in [1.807, 2.05) is 0 Å². The molecule has 0 amide bonds. The lowest BCUT2D eigenvalue weighted by Gasteiger charge is -2.32. The molecular weight excluding hydrogens is 431 g/mol. The molecular formula is C22H27BrF3NO. The number of ether oxygens (including phenoxy) is 1. The van der Waals surface area contributed by atoms with E-state index in [1.54, 1.807) is 6.07 Å². The highest BCUT2D eigenvalue weighted by atomic mass is 79.9. The molecule has 2 aromatic rings. The minimum absolute atomic E-state index is 0. The summed E-state index contributed by atoms with van der Waals surface area (Å²) in [6, 6.07) is 15.8. The van der Waals surface area contributed by atoms with Gasteiger partial charge in [-0.1, -0.05) is 36.4 Å². The molecule has 3 rings (SSSR count). The summed E-state index contributed by atoms with van der Waals surface area (Å²) < 4.78 is 43.6. The zero-order chi connectivity index (χ0) is 19.1. The first-order valence-electron chi connectivity index (χ1n) is 9.60. The van der Waals surface area contributed by atoms with Crippen LogP contribution >= 0.6 is 17.0 Å². The first kappa shape index (κ1) is 22.8. The van der Waals surface area contributed by atoms with E-state index in [0.717, 1.165) is 44.6 Å². The molecule has 28 heavy (non-hydrogen) atoms. The van der Waals surface area contributed by atoms with Crippen LogP contribution in [0.3, 0.4) is 0 Å². The van der Waals surface area contributed by atoms with Gasteiger partial charge in [-0.05, 0) is 75.0 Å². The fourth-order valence-electron chi connectivity index (χ4n) is 3.60. The second-order valence-electron chi connectivity index (χ2n) is 7.11. The van der Waals surface area contributed by atoms with Crippen molar-refractivity contribution in [2.45, 2.75) is 37.8 Å². The molecule has 0 bridgehead atoms. The molecule has 2 nitrogen and oxygen atoms in total. The molecule has 2 aromatic carbocycles. The van der Waals surface area contributed by atoms with Gasteiger partial charge in [0.2, 0.25) is 0 Å². The van der Waals surface area contributed by atoms with E-state index in [9.17, 15) is 13.2 Å². The van der Waals surface area contributed by atoms with Gasteiger partial charge in [-0.3, -0.25) is 0 Å². The van der Waals surface area contributed by atoms with Crippen molar-refractivity contribution in [3.05, 3.63) is 65.7 Å². The summed E-state index contributed by atoms with van der Waals surface area (Å²) in [5, 5.41) is 0. The second-order valence-corrected chi connectivity index (χ2v) is 7.11. The Labute approximate surface area is 175 Å². The standard InChI is InChI=1S/C22H26F3NO.BrH/c23-22(24,25)20-9-6-10-21(17-20)27-16-5-4-13-26-14-11-19(12-15-26)18-7-2-1-3-8-18;/h1-3,6-10,17,19H,4-5,11-16H2;1H. The van der Waals surface area contributed by atoms with Crippen LogP contribution in [0.15, 0.2) is 54.6 Å². The number of rotatable bonds is 7. The Kier molecular flexibility index (Phi) is 8.83. The fraction of sp³-hybridized carbons (Fsp3) is 0.455. The zero-order valence-corrected chi connectivity index (χ0v) is 17.5. The SMILES string of the molecule is Br.FC(F)(F)c1cccc(OCCCCN2CCC(c3ccccc3)CC2)c1. The summed E-state index contributed by atoms with van der Waals surface area (Å²) in [6.45, 7) is 3.68. The fourth-order valence-corrected chi connectivity index (χ4v) is 3.60. The Morgan fingerprint density at radius 3 is 2.32 bits per heavy atom. The Bertz CT molecular complexity index is 700. The quantitative estimate of drug-likeness (QED) is 0.450. The normalized spacial score (nSPS) is 15.8. The van der Waals surface area contributed by atoms with E-state index in [2.05, 4.69) is 35.2 Å². The molecule has 0 radical (unpaired) electrons. The summed E-state index contributed by atoms with van der Waals surface area (Å²) in [5.74, 6) is 0.945. The highest BCUT2D eigenvalue weighted by Crippen LogP contribution is 2.31. The molecule has 0 aliphatic carbocycles. The Morgan fingerprint density at radius 2 is 1.64 bits per heavy atom. The van der Waals surface area contributed by atoms with Gasteiger partial charge in [-0.2, -0.15) is 13.2 Å². The van der Waals surface area contributed by atoms with E-state index < -0.39 is 11.7 Å². The molecule has 0 aromatic heterocycles. The Hall–Kier alpha value is -1.53. The van der Waals surface area contributed by atoms with Gasteiger partial charge in [-0.15, -0.1) is 17.0 Å². The highest BCUT2D eigenvalue weighted by Gasteiger charge is 2.30. The largest absolute Gasteiger partial charge is 0.494 e. The third-order valence-corrected chi connectivity index (χ3v) is 5.16. The lowest BCUT2D eigenvalue weighted by Crippen LogP contribution is -2.33. The van der Waals surface area contributed by atoms with Gasteiger partial charge in [0.15, 0.2) is 0 Å². The molecule has 0 saturated carbocycles. The summed E-state index contributed by atoms with van der Waals surface area (Å²) >= 11 is 0. The molecule has 0 unspecified atom stereocenters. The van der Waals surface area contributed by atoms with Crippen molar-refractivity contribution >= 4 is 17.0 Å². The van der Waals surface area contributed by atoms with Gasteiger partial charge >= 0.3 is 6.18 Å². The van der Waals surface area contributed by atoms with E-state index in [4.69, 9.17) is 4.74 Å². The predicted molar refractivity (Wildman–Crippen MR) is 111 cm³/mol. The summed E-state index contributed by atoms with van der Waals surface area (Å²) in [5.41, 5.74) is 0.771. The number of benzene rings is 2. The number of nitrogens with zero attached hydrogens (tertiary/aromatic N) is 1. The number of unbranched alkanes of at least 4 members (excludes halogenated alkanes) is 1. The molecule has 0 N–H and O–H groups in total. The van der Waals surface area contributed by atoms with Gasteiger partial charge in [0.1, 0.15) is 5.75 Å². The van der Waals surface area contributed by atoms with Gasteiger partial charge in [0.25, 0.3) is 0 Å². The summed E-state index contributed by atoms with van der Waals surface area (Å²) in [7, 11) is 0. The molecule has 1 aliphatic heterocycles. The van der Waals surface area contributed by atoms with Crippen LogP contribution in [0, 0.1) is 0 Å². The van der Waals surface area contributed by atoms with Crippen LogP contribution in [0.25, 0.3) is 0 Å². The van der Waals surface area contributed by atoms with Gasteiger partial charge in [0, 0.05) is 0 Å².